The minimum absolute atomic E-state index is 0.0945. The van der Waals surface area contributed by atoms with Gasteiger partial charge >= 0.3 is 12.0 Å². The van der Waals surface area contributed by atoms with Gasteiger partial charge in [0.1, 0.15) is 0 Å². The van der Waals surface area contributed by atoms with Gasteiger partial charge in [-0.3, -0.25) is 14.4 Å². The number of hydrogen-bond donors (Lipinski definition) is 3. The fraction of sp³-hybridized carbons (Fsp3) is 0.273. The van der Waals surface area contributed by atoms with Gasteiger partial charge in [-0.2, -0.15) is 0 Å². The molecule has 0 atom stereocenters. The molecule has 2 aromatic rings. The number of methoxy groups -OCH3 is 1. The number of urea groups is 1. The van der Waals surface area contributed by atoms with Gasteiger partial charge in [0.25, 0.3) is 11.8 Å². The first-order valence-electron chi connectivity index (χ1n) is 9.62. The van der Waals surface area contributed by atoms with Crippen LogP contribution in [-0.4, -0.2) is 56.5 Å². The monoisotopic (exact) mass is 426 g/mol. The summed E-state index contributed by atoms with van der Waals surface area (Å²) in [6.07, 6.45) is 0.0945. The van der Waals surface area contributed by atoms with Crippen LogP contribution in [-0.2, 0) is 16.1 Å². The first-order chi connectivity index (χ1) is 14.8. The Morgan fingerprint density at radius 1 is 0.903 bits per heavy atom. The highest BCUT2D eigenvalue weighted by Crippen LogP contribution is 2.12. The van der Waals surface area contributed by atoms with Gasteiger partial charge < -0.3 is 25.6 Å². The molecular formula is C22H26N4O5. The van der Waals surface area contributed by atoms with Crippen molar-refractivity contribution in [1.29, 1.82) is 0 Å². The van der Waals surface area contributed by atoms with Crippen molar-refractivity contribution < 1.29 is 23.9 Å². The van der Waals surface area contributed by atoms with E-state index in [2.05, 4.69) is 20.7 Å². The molecular weight excluding hydrogens is 400 g/mol. The Labute approximate surface area is 180 Å². The van der Waals surface area contributed by atoms with E-state index in [0.717, 1.165) is 5.56 Å². The molecule has 2 rings (SSSR count). The lowest BCUT2D eigenvalue weighted by Gasteiger charge is -2.18. The molecule has 0 spiro atoms. The molecule has 164 valence electrons. The summed E-state index contributed by atoms with van der Waals surface area (Å²) >= 11 is 0. The van der Waals surface area contributed by atoms with Gasteiger partial charge in [-0.15, -0.1) is 0 Å². The number of esters is 1. The second-order valence-corrected chi connectivity index (χ2v) is 6.72. The van der Waals surface area contributed by atoms with Crippen LogP contribution in [0.5, 0.6) is 0 Å². The van der Waals surface area contributed by atoms with E-state index in [1.54, 1.807) is 62.6 Å². The number of nitrogens with zero attached hydrogens (tertiary/aromatic N) is 1. The third-order valence-electron chi connectivity index (χ3n) is 4.45. The predicted octanol–water partition coefficient (Wildman–Crippen LogP) is 2.00. The van der Waals surface area contributed by atoms with Gasteiger partial charge in [0, 0.05) is 44.0 Å². The average molecular weight is 426 g/mol. The van der Waals surface area contributed by atoms with E-state index >= 15 is 0 Å². The van der Waals surface area contributed by atoms with Crippen LogP contribution in [0.1, 0.15) is 32.7 Å². The van der Waals surface area contributed by atoms with Gasteiger partial charge in [-0.25, -0.2) is 4.79 Å². The van der Waals surface area contributed by atoms with Crippen LogP contribution in [0.2, 0.25) is 0 Å². The van der Waals surface area contributed by atoms with Gasteiger partial charge in [-0.05, 0) is 42.0 Å². The van der Waals surface area contributed by atoms with Crippen molar-refractivity contribution in [2.24, 2.45) is 0 Å². The SMILES string of the molecule is CNC(=O)c1ccc(CN(C)C(=O)Nc2ccc(C(=O)NCCC(=O)OC)cc2)cc1. The molecule has 0 heterocycles. The van der Waals surface area contributed by atoms with Gasteiger partial charge in [0.15, 0.2) is 0 Å². The fourth-order valence-electron chi connectivity index (χ4n) is 2.66. The summed E-state index contributed by atoms with van der Waals surface area (Å²) in [6, 6.07) is 13.1. The molecule has 31 heavy (non-hydrogen) atoms. The molecule has 0 radical (unpaired) electrons. The number of carbonyl (C=O) groups is 4. The van der Waals surface area contributed by atoms with Crippen LogP contribution in [0.4, 0.5) is 10.5 Å². The summed E-state index contributed by atoms with van der Waals surface area (Å²) in [4.78, 5) is 48.6. The fourth-order valence-corrected chi connectivity index (χ4v) is 2.66. The second kappa shape index (κ2) is 11.3. The van der Waals surface area contributed by atoms with E-state index in [1.165, 1.54) is 12.0 Å². The molecule has 0 bridgehead atoms. The predicted molar refractivity (Wildman–Crippen MR) is 116 cm³/mol. The van der Waals surface area contributed by atoms with Crippen molar-refractivity contribution in [3.63, 3.8) is 0 Å². The Kier molecular flexibility index (Phi) is 8.56. The maximum Gasteiger partial charge on any atom is 0.321 e. The zero-order valence-corrected chi connectivity index (χ0v) is 17.7. The van der Waals surface area contributed by atoms with Crippen LogP contribution < -0.4 is 16.0 Å². The van der Waals surface area contributed by atoms with Crippen LogP contribution in [0.25, 0.3) is 0 Å². The Balaban J connectivity index is 1.86. The zero-order chi connectivity index (χ0) is 22.8. The quantitative estimate of drug-likeness (QED) is 0.558. The summed E-state index contributed by atoms with van der Waals surface area (Å²) in [5, 5.41) is 7.94. The highest BCUT2D eigenvalue weighted by atomic mass is 16.5. The molecule has 2 aromatic carbocycles. The maximum absolute atomic E-state index is 12.4. The topological polar surface area (TPSA) is 117 Å². The van der Waals surface area contributed by atoms with E-state index in [0.29, 0.717) is 23.4 Å². The number of amides is 4. The van der Waals surface area contributed by atoms with Crippen molar-refractivity contribution in [2.45, 2.75) is 13.0 Å². The number of carbonyl (C=O) groups excluding carboxylic acids is 4. The lowest BCUT2D eigenvalue weighted by atomic mass is 10.1. The van der Waals surface area contributed by atoms with Gasteiger partial charge in [0.2, 0.25) is 0 Å². The van der Waals surface area contributed by atoms with E-state index in [9.17, 15) is 19.2 Å². The number of anilines is 1. The van der Waals surface area contributed by atoms with E-state index < -0.39 is 5.97 Å². The molecule has 0 aliphatic carbocycles. The van der Waals surface area contributed by atoms with Crippen LogP contribution in [0.15, 0.2) is 48.5 Å². The molecule has 9 heteroatoms. The van der Waals surface area contributed by atoms with Crippen LogP contribution in [0, 0.1) is 0 Å². The third kappa shape index (κ3) is 7.14. The molecule has 4 amide bonds. The van der Waals surface area contributed by atoms with E-state index in [-0.39, 0.29) is 30.8 Å². The summed E-state index contributed by atoms with van der Waals surface area (Å²) in [5.74, 6) is -0.887. The highest BCUT2D eigenvalue weighted by molar-refractivity contribution is 5.96. The first-order valence-corrected chi connectivity index (χ1v) is 9.62. The molecule has 0 fully saturated rings. The van der Waals surface area contributed by atoms with Crippen LogP contribution >= 0.6 is 0 Å². The molecule has 0 aliphatic heterocycles. The molecule has 9 nitrogen and oxygen atoms in total. The summed E-state index contributed by atoms with van der Waals surface area (Å²) in [6.45, 7) is 0.541. The van der Waals surface area contributed by atoms with Crippen LogP contribution in [0.3, 0.4) is 0 Å². The Bertz CT molecular complexity index is 926. The van der Waals surface area contributed by atoms with E-state index in [1.807, 2.05) is 0 Å². The molecule has 0 aliphatic rings. The lowest BCUT2D eigenvalue weighted by molar-refractivity contribution is -0.140. The summed E-state index contributed by atoms with van der Waals surface area (Å²) in [7, 11) is 4.52. The number of hydrogen-bond acceptors (Lipinski definition) is 5. The van der Waals surface area contributed by atoms with E-state index in [4.69, 9.17) is 0 Å². The molecule has 3 N–H and O–H groups in total. The van der Waals surface area contributed by atoms with Gasteiger partial charge in [-0.1, -0.05) is 12.1 Å². The maximum atomic E-state index is 12.4. The Hall–Kier alpha value is -3.88. The standard InChI is InChI=1S/C22H26N4O5/c1-23-20(28)16-6-4-15(5-7-16)14-26(2)22(30)25-18-10-8-17(9-11-18)21(29)24-13-12-19(27)31-3/h4-11H,12-14H2,1-3H3,(H,23,28)(H,24,29)(H,25,30). The molecule has 0 aromatic heterocycles. The normalized spacial score (nSPS) is 10.0. The average Bonchev–Trinajstić information content (AvgIpc) is 2.79. The minimum Gasteiger partial charge on any atom is -0.469 e. The number of rotatable bonds is 8. The van der Waals surface area contributed by atoms with Crippen molar-refractivity contribution in [2.75, 3.05) is 33.1 Å². The molecule has 0 saturated carbocycles. The second-order valence-electron chi connectivity index (χ2n) is 6.72. The lowest BCUT2D eigenvalue weighted by Crippen LogP contribution is -2.31. The number of ether oxygens (including phenoxy) is 1. The highest BCUT2D eigenvalue weighted by Gasteiger charge is 2.12. The Morgan fingerprint density at radius 3 is 2.06 bits per heavy atom. The largest absolute Gasteiger partial charge is 0.469 e. The van der Waals surface area contributed by atoms with Crippen molar-refractivity contribution in [1.82, 2.24) is 15.5 Å². The van der Waals surface area contributed by atoms with Gasteiger partial charge in [0.05, 0.1) is 13.5 Å². The van der Waals surface area contributed by atoms with Crippen molar-refractivity contribution >= 4 is 29.5 Å². The third-order valence-corrected chi connectivity index (χ3v) is 4.45. The Morgan fingerprint density at radius 2 is 1.48 bits per heavy atom. The number of nitrogens with one attached hydrogen (secondary N) is 3. The summed E-state index contributed by atoms with van der Waals surface area (Å²) in [5.41, 5.74) is 2.38. The van der Waals surface area contributed by atoms with Crippen molar-refractivity contribution in [3.05, 3.63) is 65.2 Å². The van der Waals surface area contributed by atoms with Crippen molar-refractivity contribution in [3.8, 4) is 0 Å². The summed E-state index contributed by atoms with van der Waals surface area (Å²) < 4.78 is 4.52. The molecule has 0 unspecified atom stereocenters. The first kappa shape index (κ1) is 23.4. The smallest absolute Gasteiger partial charge is 0.321 e. The number of benzene rings is 2. The molecule has 0 saturated heterocycles. The zero-order valence-electron chi connectivity index (χ0n) is 17.7. The minimum atomic E-state index is -0.398.